The topological polar surface area (TPSA) is 41.6 Å². The summed E-state index contributed by atoms with van der Waals surface area (Å²) in [7, 11) is 0. The van der Waals surface area contributed by atoms with Gasteiger partial charge in [-0.25, -0.2) is 0 Å². The molecule has 0 saturated carbocycles. The average Bonchev–Trinajstić information content (AvgIpc) is 2.71. The molecule has 0 atom stereocenters. The number of hydrogen-bond donors (Lipinski definition) is 1. The van der Waals surface area contributed by atoms with Crippen LogP contribution in [-0.2, 0) is 17.8 Å². The molecule has 1 N–H and O–H groups in total. The summed E-state index contributed by atoms with van der Waals surface area (Å²) in [5.41, 5.74) is 2.56. The third kappa shape index (κ3) is 6.10. The van der Waals surface area contributed by atoms with Crippen molar-refractivity contribution in [1.29, 1.82) is 0 Å². The van der Waals surface area contributed by atoms with Crippen LogP contribution in [0.1, 0.15) is 30.9 Å². The van der Waals surface area contributed by atoms with E-state index in [1.165, 1.54) is 11.1 Å². The highest BCUT2D eigenvalue weighted by molar-refractivity contribution is 5.78. The van der Waals surface area contributed by atoms with Crippen molar-refractivity contribution in [3.63, 3.8) is 0 Å². The first-order chi connectivity index (χ1) is 13.2. The summed E-state index contributed by atoms with van der Waals surface area (Å²) in [6.45, 7) is 6.30. The van der Waals surface area contributed by atoms with Crippen molar-refractivity contribution in [3.8, 4) is 5.75 Å². The van der Waals surface area contributed by atoms with E-state index in [1.54, 1.807) is 0 Å². The van der Waals surface area contributed by atoms with Crippen molar-refractivity contribution in [2.45, 2.75) is 32.7 Å². The molecule has 27 heavy (non-hydrogen) atoms. The Morgan fingerprint density at radius 1 is 1.04 bits per heavy atom. The van der Waals surface area contributed by atoms with Gasteiger partial charge in [-0.3, -0.25) is 9.69 Å². The van der Waals surface area contributed by atoms with Crippen molar-refractivity contribution >= 4 is 5.91 Å². The van der Waals surface area contributed by atoms with Crippen LogP contribution in [0.25, 0.3) is 0 Å². The molecule has 0 bridgehead atoms. The lowest BCUT2D eigenvalue weighted by molar-refractivity contribution is -0.126. The van der Waals surface area contributed by atoms with Gasteiger partial charge in [-0.2, -0.15) is 0 Å². The minimum Gasteiger partial charge on any atom is -0.494 e. The van der Waals surface area contributed by atoms with Crippen LogP contribution in [0.4, 0.5) is 0 Å². The van der Waals surface area contributed by atoms with E-state index in [0.717, 1.165) is 51.2 Å². The van der Waals surface area contributed by atoms with Crippen LogP contribution in [-0.4, -0.2) is 37.0 Å². The van der Waals surface area contributed by atoms with E-state index in [9.17, 15) is 4.79 Å². The highest BCUT2D eigenvalue weighted by Crippen LogP contribution is 2.20. The Morgan fingerprint density at radius 3 is 2.41 bits per heavy atom. The van der Waals surface area contributed by atoms with E-state index in [2.05, 4.69) is 34.5 Å². The number of hydrogen-bond acceptors (Lipinski definition) is 3. The zero-order valence-electron chi connectivity index (χ0n) is 16.2. The normalized spacial score (nSPS) is 15.4. The van der Waals surface area contributed by atoms with Gasteiger partial charge in [0.2, 0.25) is 5.91 Å². The first-order valence-electron chi connectivity index (χ1n) is 10.0. The summed E-state index contributed by atoms with van der Waals surface area (Å²) < 4.78 is 5.49. The van der Waals surface area contributed by atoms with Crippen LogP contribution >= 0.6 is 0 Å². The summed E-state index contributed by atoms with van der Waals surface area (Å²) in [5, 5.41) is 3.11. The van der Waals surface area contributed by atoms with Gasteiger partial charge in [0.25, 0.3) is 0 Å². The average molecular weight is 367 g/mol. The fourth-order valence-corrected chi connectivity index (χ4v) is 3.59. The van der Waals surface area contributed by atoms with E-state index >= 15 is 0 Å². The van der Waals surface area contributed by atoms with Crippen LogP contribution in [0.15, 0.2) is 54.6 Å². The van der Waals surface area contributed by atoms with Gasteiger partial charge in [0.05, 0.1) is 6.61 Å². The maximum Gasteiger partial charge on any atom is 0.223 e. The minimum absolute atomic E-state index is 0.150. The number of nitrogens with zero attached hydrogens (tertiary/aromatic N) is 1. The maximum absolute atomic E-state index is 12.4. The van der Waals surface area contributed by atoms with Gasteiger partial charge in [0.15, 0.2) is 0 Å². The molecule has 1 aliphatic rings. The fourth-order valence-electron chi connectivity index (χ4n) is 3.59. The molecule has 0 aromatic heterocycles. The SMILES string of the molecule is CCOc1ccc(CN2CCC(C(=O)NCCc3ccccc3)CC2)cc1. The van der Waals surface area contributed by atoms with Gasteiger partial charge in [0.1, 0.15) is 5.75 Å². The number of benzene rings is 2. The molecule has 2 aromatic rings. The Bertz CT molecular complexity index is 692. The van der Waals surface area contributed by atoms with Crippen molar-refractivity contribution in [2.75, 3.05) is 26.2 Å². The zero-order chi connectivity index (χ0) is 18.9. The van der Waals surface area contributed by atoms with Gasteiger partial charge in [-0.15, -0.1) is 0 Å². The summed E-state index contributed by atoms with van der Waals surface area (Å²) in [6.07, 6.45) is 2.77. The van der Waals surface area contributed by atoms with Gasteiger partial charge >= 0.3 is 0 Å². The zero-order valence-corrected chi connectivity index (χ0v) is 16.2. The van der Waals surface area contributed by atoms with Crippen molar-refractivity contribution in [1.82, 2.24) is 10.2 Å². The van der Waals surface area contributed by atoms with E-state index in [1.807, 2.05) is 37.3 Å². The Balaban J connectivity index is 1.37. The second-order valence-corrected chi connectivity index (χ2v) is 7.15. The minimum atomic E-state index is 0.150. The Kier molecular flexibility index (Phi) is 7.28. The van der Waals surface area contributed by atoms with E-state index in [0.29, 0.717) is 6.61 Å². The Hall–Kier alpha value is -2.33. The molecule has 1 aliphatic heterocycles. The molecule has 4 nitrogen and oxygen atoms in total. The third-order valence-electron chi connectivity index (χ3n) is 5.15. The van der Waals surface area contributed by atoms with Gasteiger partial charge in [-0.1, -0.05) is 42.5 Å². The second kappa shape index (κ2) is 10.1. The molecule has 0 unspecified atom stereocenters. The molecule has 0 spiro atoms. The summed E-state index contributed by atoms with van der Waals surface area (Å²) in [5.74, 6) is 1.29. The second-order valence-electron chi connectivity index (χ2n) is 7.15. The Labute approximate surface area is 162 Å². The summed E-state index contributed by atoms with van der Waals surface area (Å²) in [4.78, 5) is 14.8. The van der Waals surface area contributed by atoms with Crippen LogP contribution in [0, 0.1) is 5.92 Å². The van der Waals surface area contributed by atoms with Crippen LogP contribution in [0.5, 0.6) is 5.75 Å². The molecule has 1 amide bonds. The number of rotatable bonds is 8. The van der Waals surface area contributed by atoms with Crippen molar-refractivity contribution < 1.29 is 9.53 Å². The number of amides is 1. The molecule has 1 saturated heterocycles. The maximum atomic E-state index is 12.4. The number of ether oxygens (including phenoxy) is 1. The smallest absolute Gasteiger partial charge is 0.223 e. The van der Waals surface area contributed by atoms with Gasteiger partial charge < -0.3 is 10.1 Å². The number of carbonyl (C=O) groups excluding carboxylic acids is 1. The highest BCUT2D eigenvalue weighted by Gasteiger charge is 2.24. The van der Waals surface area contributed by atoms with E-state index in [4.69, 9.17) is 4.74 Å². The standard InChI is InChI=1S/C23H30N2O2/c1-2-27-22-10-8-20(9-11-22)18-25-16-13-21(14-17-25)23(26)24-15-12-19-6-4-3-5-7-19/h3-11,21H,2,12-18H2,1H3,(H,24,26). The van der Waals surface area contributed by atoms with E-state index in [-0.39, 0.29) is 11.8 Å². The van der Waals surface area contributed by atoms with Crippen LogP contribution in [0.3, 0.4) is 0 Å². The predicted octanol–water partition coefficient (Wildman–Crippen LogP) is 3.66. The molecular formula is C23H30N2O2. The number of nitrogens with one attached hydrogen (secondary N) is 1. The largest absolute Gasteiger partial charge is 0.494 e. The molecule has 1 heterocycles. The molecule has 1 fully saturated rings. The number of carbonyl (C=O) groups is 1. The molecule has 0 aliphatic carbocycles. The van der Waals surface area contributed by atoms with Crippen LogP contribution in [0.2, 0.25) is 0 Å². The fraction of sp³-hybridized carbons (Fsp3) is 0.435. The number of piperidine rings is 1. The van der Waals surface area contributed by atoms with Gasteiger partial charge in [0, 0.05) is 19.0 Å². The quantitative estimate of drug-likeness (QED) is 0.775. The monoisotopic (exact) mass is 366 g/mol. The number of likely N-dealkylation sites (tertiary alicyclic amines) is 1. The van der Waals surface area contributed by atoms with E-state index < -0.39 is 0 Å². The molecule has 2 aromatic carbocycles. The molecule has 0 radical (unpaired) electrons. The molecule has 3 rings (SSSR count). The van der Waals surface area contributed by atoms with Crippen molar-refractivity contribution in [2.24, 2.45) is 5.92 Å². The van der Waals surface area contributed by atoms with Crippen LogP contribution < -0.4 is 10.1 Å². The van der Waals surface area contributed by atoms with Crippen molar-refractivity contribution in [3.05, 3.63) is 65.7 Å². The highest BCUT2D eigenvalue weighted by atomic mass is 16.5. The first-order valence-corrected chi connectivity index (χ1v) is 10.0. The lowest BCUT2D eigenvalue weighted by atomic mass is 9.95. The summed E-state index contributed by atoms with van der Waals surface area (Å²) in [6, 6.07) is 18.6. The molecule has 4 heteroatoms. The lowest BCUT2D eigenvalue weighted by Crippen LogP contribution is -2.40. The van der Waals surface area contributed by atoms with Gasteiger partial charge in [-0.05, 0) is 62.5 Å². The first kappa shape index (κ1) is 19.4. The summed E-state index contributed by atoms with van der Waals surface area (Å²) >= 11 is 0. The molecule has 144 valence electrons. The molecular weight excluding hydrogens is 336 g/mol. The predicted molar refractivity (Wildman–Crippen MR) is 109 cm³/mol. The lowest BCUT2D eigenvalue weighted by Gasteiger charge is -2.31. The third-order valence-corrected chi connectivity index (χ3v) is 5.15. The Morgan fingerprint density at radius 2 is 1.74 bits per heavy atom.